The number of hydrogen-bond acceptors (Lipinski definition) is 5. The molecule has 1 saturated heterocycles. The Kier molecular flexibility index (Phi) is 4.42. The fourth-order valence-electron chi connectivity index (χ4n) is 2.50. The van der Waals surface area contributed by atoms with Gasteiger partial charge in [-0.3, -0.25) is 9.59 Å². The molecule has 1 aliphatic heterocycles. The zero-order valence-corrected chi connectivity index (χ0v) is 14.0. The van der Waals surface area contributed by atoms with Crippen molar-refractivity contribution in [3.05, 3.63) is 40.5 Å². The zero-order valence-electron chi connectivity index (χ0n) is 12.5. The van der Waals surface area contributed by atoms with Gasteiger partial charge in [0.25, 0.3) is 0 Å². The zero-order chi connectivity index (χ0) is 16.4. The average Bonchev–Trinajstić information content (AvgIpc) is 3.11. The number of anilines is 1. The van der Waals surface area contributed by atoms with Gasteiger partial charge in [-0.15, -0.1) is 0 Å². The fraction of sp³-hybridized carbons (Fsp3) is 0.333. The van der Waals surface area contributed by atoms with Crippen LogP contribution in [0, 0.1) is 12.8 Å². The molecule has 23 heavy (non-hydrogen) atoms. The summed E-state index contributed by atoms with van der Waals surface area (Å²) in [7, 11) is 0. The van der Waals surface area contributed by atoms with E-state index in [1.54, 1.807) is 11.8 Å². The summed E-state index contributed by atoms with van der Waals surface area (Å²) in [6, 6.07) is 7.46. The summed E-state index contributed by atoms with van der Waals surface area (Å²) in [5.41, 5.74) is 0.784. The Morgan fingerprint density at radius 1 is 1.52 bits per heavy atom. The van der Waals surface area contributed by atoms with Crippen LogP contribution >= 0.6 is 15.9 Å². The molecule has 120 valence electrons. The van der Waals surface area contributed by atoms with E-state index >= 15 is 0 Å². The van der Waals surface area contributed by atoms with Crippen molar-refractivity contribution in [1.29, 1.82) is 0 Å². The maximum Gasteiger partial charge on any atom is 0.246 e. The molecule has 2 heterocycles. The first-order valence-electron chi connectivity index (χ1n) is 7.16. The van der Waals surface area contributed by atoms with Crippen LogP contribution in [0.2, 0.25) is 0 Å². The third kappa shape index (κ3) is 3.58. The molecule has 3 rings (SSSR count). The summed E-state index contributed by atoms with van der Waals surface area (Å²) in [6.45, 7) is 2.24. The molecule has 8 heteroatoms. The van der Waals surface area contributed by atoms with Crippen LogP contribution in [-0.2, 0) is 16.1 Å². The van der Waals surface area contributed by atoms with E-state index in [-0.39, 0.29) is 30.7 Å². The molecule has 1 unspecified atom stereocenters. The van der Waals surface area contributed by atoms with Crippen molar-refractivity contribution in [1.82, 2.24) is 15.5 Å². The van der Waals surface area contributed by atoms with Gasteiger partial charge in [0.15, 0.2) is 5.82 Å². The van der Waals surface area contributed by atoms with Gasteiger partial charge >= 0.3 is 0 Å². The van der Waals surface area contributed by atoms with E-state index in [9.17, 15) is 9.59 Å². The fourth-order valence-corrected chi connectivity index (χ4v) is 2.88. The predicted molar refractivity (Wildman–Crippen MR) is 85.5 cm³/mol. The van der Waals surface area contributed by atoms with Gasteiger partial charge in [0, 0.05) is 23.1 Å². The number of rotatable bonds is 4. The number of carbonyl (C=O) groups is 2. The first-order chi connectivity index (χ1) is 11.0. The van der Waals surface area contributed by atoms with Gasteiger partial charge in [0.1, 0.15) is 0 Å². The summed E-state index contributed by atoms with van der Waals surface area (Å²) in [5.74, 6) is 0.240. The standard InChI is InChI=1S/C15H15BrN4O3/c1-9-18-13(23-19-9)7-17-15(22)10-5-14(21)20(8-10)12-4-2-3-11(16)6-12/h2-4,6,10H,5,7-8H2,1H3,(H,17,22). The number of benzene rings is 1. The molecule has 0 saturated carbocycles. The maximum atomic E-state index is 12.2. The van der Waals surface area contributed by atoms with E-state index in [2.05, 4.69) is 31.4 Å². The number of amides is 2. The van der Waals surface area contributed by atoms with Crippen LogP contribution in [0.3, 0.4) is 0 Å². The SMILES string of the molecule is Cc1noc(CNC(=O)C2CC(=O)N(c3cccc(Br)c3)C2)n1. The molecule has 1 aromatic carbocycles. The Hall–Kier alpha value is -2.22. The quantitative estimate of drug-likeness (QED) is 0.876. The van der Waals surface area contributed by atoms with Crippen molar-refractivity contribution in [2.24, 2.45) is 5.92 Å². The van der Waals surface area contributed by atoms with E-state index < -0.39 is 0 Å². The van der Waals surface area contributed by atoms with E-state index in [0.717, 1.165) is 10.2 Å². The molecule has 0 radical (unpaired) electrons. The number of aryl methyl sites for hydroxylation is 1. The second-order valence-electron chi connectivity index (χ2n) is 5.34. The molecule has 0 bridgehead atoms. The number of nitrogens with zero attached hydrogens (tertiary/aromatic N) is 3. The Balaban J connectivity index is 1.61. The molecular formula is C15H15BrN4O3. The Morgan fingerprint density at radius 2 is 2.35 bits per heavy atom. The first-order valence-corrected chi connectivity index (χ1v) is 7.95. The van der Waals surface area contributed by atoms with Crippen LogP contribution in [0.5, 0.6) is 0 Å². The Bertz CT molecular complexity index is 746. The summed E-state index contributed by atoms with van der Waals surface area (Å²) in [4.78, 5) is 30.0. The number of carbonyl (C=O) groups excluding carboxylic acids is 2. The van der Waals surface area contributed by atoms with Crippen molar-refractivity contribution in [2.45, 2.75) is 19.9 Å². The summed E-state index contributed by atoms with van der Waals surface area (Å²) in [6.07, 6.45) is 0.196. The van der Waals surface area contributed by atoms with E-state index in [4.69, 9.17) is 4.52 Å². The third-order valence-corrected chi connectivity index (χ3v) is 4.09. The van der Waals surface area contributed by atoms with Crippen molar-refractivity contribution in [3.8, 4) is 0 Å². The van der Waals surface area contributed by atoms with Crippen LogP contribution in [0.15, 0.2) is 33.3 Å². The van der Waals surface area contributed by atoms with Crippen LogP contribution in [0.1, 0.15) is 18.1 Å². The summed E-state index contributed by atoms with van der Waals surface area (Å²) >= 11 is 3.39. The van der Waals surface area contributed by atoms with Gasteiger partial charge < -0.3 is 14.7 Å². The lowest BCUT2D eigenvalue weighted by atomic mass is 10.1. The van der Waals surface area contributed by atoms with Crippen molar-refractivity contribution in [2.75, 3.05) is 11.4 Å². The number of halogens is 1. The van der Waals surface area contributed by atoms with E-state index in [1.165, 1.54) is 0 Å². The lowest BCUT2D eigenvalue weighted by Crippen LogP contribution is -2.32. The normalized spacial score (nSPS) is 17.6. The molecule has 0 spiro atoms. The highest BCUT2D eigenvalue weighted by molar-refractivity contribution is 9.10. The molecule has 2 aromatic rings. The van der Waals surface area contributed by atoms with Crippen LogP contribution < -0.4 is 10.2 Å². The Labute approximate surface area is 141 Å². The molecule has 0 aliphatic carbocycles. The lowest BCUT2D eigenvalue weighted by molar-refractivity contribution is -0.126. The van der Waals surface area contributed by atoms with Crippen LogP contribution in [0.4, 0.5) is 5.69 Å². The largest absolute Gasteiger partial charge is 0.347 e. The smallest absolute Gasteiger partial charge is 0.246 e. The molecular weight excluding hydrogens is 364 g/mol. The third-order valence-electron chi connectivity index (χ3n) is 3.60. The van der Waals surface area contributed by atoms with E-state index in [0.29, 0.717) is 18.3 Å². The van der Waals surface area contributed by atoms with Gasteiger partial charge in [-0.25, -0.2) is 0 Å². The van der Waals surface area contributed by atoms with Crippen molar-refractivity contribution < 1.29 is 14.1 Å². The van der Waals surface area contributed by atoms with Gasteiger partial charge in [-0.1, -0.05) is 27.2 Å². The minimum Gasteiger partial charge on any atom is -0.347 e. The molecule has 2 amide bonds. The summed E-state index contributed by atoms with van der Waals surface area (Å²) in [5, 5.41) is 6.39. The van der Waals surface area contributed by atoms with Gasteiger partial charge in [0.2, 0.25) is 17.7 Å². The van der Waals surface area contributed by atoms with Crippen LogP contribution in [-0.4, -0.2) is 28.5 Å². The molecule has 1 aromatic heterocycles. The molecule has 1 fully saturated rings. The second-order valence-corrected chi connectivity index (χ2v) is 6.25. The summed E-state index contributed by atoms with van der Waals surface area (Å²) < 4.78 is 5.83. The molecule has 1 aliphatic rings. The van der Waals surface area contributed by atoms with Gasteiger partial charge in [-0.2, -0.15) is 4.98 Å². The monoisotopic (exact) mass is 378 g/mol. The molecule has 1 atom stereocenters. The Morgan fingerprint density at radius 3 is 3.04 bits per heavy atom. The lowest BCUT2D eigenvalue weighted by Gasteiger charge is -2.16. The number of nitrogens with one attached hydrogen (secondary N) is 1. The van der Waals surface area contributed by atoms with Crippen molar-refractivity contribution in [3.63, 3.8) is 0 Å². The van der Waals surface area contributed by atoms with Gasteiger partial charge in [0.05, 0.1) is 12.5 Å². The second kappa shape index (κ2) is 6.49. The number of hydrogen-bond donors (Lipinski definition) is 1. The molecule has 7 nitrogen and oxygen atoms in total. The highest BCUT2D eigenvalue weighted by Gasteiger charge is 2.35. The van der Waals surface area contributed by atoms with E-state index in [1.807, 2.05) is 24.3 Å². The highest BCUT2D eigenvalue weighted by atomic mass is 79.9. The number of aromatic nitrogens is 2. The minimum absolute atomic E-state index is 0.0584. The predicted octanol–water partition coefficient (Wildman–Crippen LogP) is 1.81. The van der Waals surface area contributed by atoms with Crippen LogP contribution in [0.25, 0.3) is 0 Å². The molecule has 1 N–H and O–H groups in total. The first kappa shape index (κ1) is 15.7. The maximum absolute atomic E-state index is 12.2. The van der Waals surface area contributed by atoms with Crippen molar-refractivity contribution >= 4 is 33.4 Å². The topological polar surface area (TPSA) is 88.3 Å². The minimum atomic E-state index is -0.384. The highest BCUT2D eigenvalue weighted by Crippen LogP contribution is 2.27. The average molecular weight is 379 g/mol. The van der Waals surface area contributed by atoms with Gasteiger partial charge in [-0.05, 0) is 25.1 Å².